The summed E-state index contributed by atoms with van der Waals surface area (Å²) in [5, 5.41) is 6.44. The van der Waals surface area contributed by atoms with E-state index in [9.17, 15) is 9.59 Å². The SMILES string of the molecule is CC(C)(C)NC(=O)[C@@H]1[C@@H]2[C@H](CN1C(=O)[C@@H]1CCCN1)[C@@H]1C=C[C@H]2C1. The molecule has 4 aliphatic rings. The van der Waals surface area contributed by atoms with Gasteiger partial charge in [-0.15, -0.1) is 0 Å². The van der Waals surface area contributed by atoms with Crippen LogP contribution in [0.1, 0.15) is 40.0 Å². The molecule has 132 valence electrons. The molecule has 2 amide bonds. The van der Waals surface area contributed by atoms with Crippen LogP contribution in [0, 0.1) is 23.7 Å². The van der Waals surface area contributed by atoms with Crippen LogP contribution in [0.4, 0.5) is 0 Å². The maximum atomic E-state index is 13.1. The molecule has 0 spiro atoms. The molecule has 4 rings (SSSR count). The number of likely N-dealkylation sites (tertiary alicyclic amines) is 1. The molecular formula is C19H29N3O2. The van der Waals surface area contributed by atoms with Crippen LogP contribution < -0.4 is 10.6 Å². The van der Waals surface area contributed by atoms with Gasteiger partial charge in [-0.25, -0.2) is 0 Å². The number of amides is 2. The van der Waals surface area contributed by atoms with Crippen molar-refractivity contribution >= 4 is 11.8 Å². The van der Waals surface area contributed by atoms with E-state index in [1.54, 1.807) is 0 Å². The summed E-state index contributed by atoms with van der Waals surface area (Å²) >= 11 is 0. The lowest BCUT2D eigenvalue weighted by atomic mass is 9.81. The summed E-state index contributed by atoms with van der Waals surface area (Å²) in [6.45, 7) is 7.66. The molecule has 2 saturated heterocycles. The Labute approximate surface area is 144 Å². The smallest absolute Gasteiger partial charge is 0.243 e. The second-order valence-corrected chi connectivity index (χ2v) is 9.01. The van der Waals surface area contributed by atoms with Crippen LogP contribution >= 0.6 is 0 Å². The van der Waals surface area contributed by atoms with Gasteiger partial charge in [0.05, 0.1) is 6.04 Å². The Morgan fingerprint density at radius 1 is 1.21 bits per heavy atom. The quantitative estimate of drug-likeness (QED) is 0.750. The number of fused-ring (bicyclic) bond motifs is 5. The second-order valence-electron chi connectivity index (χ2n) is 9.01. The molecule has 1 saturated carbocycles. The molecule has 2 N–H and O–H groups in total. The van der Waals surface area contributed by atoms with Gasteiger partial charge < -0.3 is 15.5 Å². The van der Waals surface area contributed by atoms with Crippen LogP contribution in [0.2, 0.25) is 0 Å². The van der Waals surface area contributed by atoms with E-state index in [1.165, 1.54) is 6.42 Å². The topological polar surface area (TPSA) is 61.4 Å². The van der Waals surface area contributed by atoms with Gasteiger partial charge in [-0.2, -0.15) is 0 Å². The van der Waals surface area contributed by atoms with Gasteiger partial charge >= 0.3 is 0 Å². The molecule has 5 nitrogen and oxygen atoms in total. The van der Waals surface area contributed by atoms with Gasteiger partial charge in [0.1, 0.15) is 6.04 Å². The third-order valence-corrected chi connectivity index (χ3v) is 6.20. The number of hydrogen-bond donors (Lipinski definition) is 2. The molecule has 24 heavy (non-hydrogen) atoms. The van der Waals surface area contributed by atoms with Crippen LogP contribution in [0.3, 0.4) is 0 Å². The Bertz CT molecular complexity index is 574. The molecule has 3 fully saturated rings. The molecule has 2 bridgehead atoms. The van der Waals surface area contributed by atoms with Crippen molar-refractivity contribution in [2.24, 2.45) is 23.7 Å². The van der Waals surface area contributed by atoms with Crippen molar-refractivity contribution < 1.29 is 9.59 Å². The van der Waals surface area contributed by atoms with Crippen LogP contribution in [-0.2, 0) is 9.59 Å². The molecule has 0 aromatic rings. The van der Waals surface area contributed by atoms with E-state index >= 15 is 0 Å². The minimum absolute atomic E-state index is 0.0299. The zero-order chi connectivity index (χ0) is 17.1. The number of hydrogen-bond acceptors (Lipinski definition) is 3. The van der Waals surface area contributed by atoms with E-state index < -0.39 is 0 Å². The van der Waals surface area contributed by atoms with Crippen molar-refractivity contribution in [3.8, 4) is 0 Å². The zero-order valence-corrected chi connectivity index (χ0v) is 14.9. The van der Waals surface area contributed by atoms with Crippen molar-refractivity contribution in [2.75, 3.05) is 13.1 Å². The molecule has 6 atom stereocenters. The van der Waals surface area contributed by atoms with Gasteiger partial charge in [0.15, 0.2) is 0 Å². The Morgan fingerprint density at radius 2 is 1.96 bits per heavy atom. The van der Waals surface area contributed by atoms with Crippen LogP contribution in [0.15, 0.2) is 12.2 Å². The summed E-state index contributed by atoms with van der Waals surface area (Å²) < 4.78 is 0. The van der Waals surface area contributed by atoms with Crippen molar-refractivity contribution in [1.82, 2.24) is 15.5 Å². The summed E-state index contributed by atoms with van der Waals surface area (Å²) in [6.07, 6.45) is 7.70. The fraction of sp³-hybridized carbons (Fsp3) is 0.789. The van der Waals surface area contributed by atoms with Crippen molar-refractivity contribution in [2.45, 2.75) is 57.7 Å². The molecule has 0 aromatic heterocycles. The summed E-state index contributed by atoms with van der Waals surface area (Å²) in [7, 11) is 0. The molecule has 0 radical (unpaired) electrons. The molecule has 0 aromatic carbocycles. The Morgan fingerprint density at radius 3 is 2.62 bits per heavy atom. The first kappa shape index (κ1) is 16.1. The highest BCUT2D eigenvalue weighted by atomic mass is 16.2. The first-order chi connectivity index (χ1) is 11.3. The third-order valence-electron chi connectivity index (χ3n) is 6.20. The summed E-state index contributed by atoms with van der Waals surface area (Å²) in [5.41, 5.74) is -0.275. The first-order valence-corrected chi connectivity index (χ1v) is 9.39. The molecule has 2 heterocycles. The average Bonchev–Trinajstić information content (AvgIpc) is 3.24. The summed E-state index contributed by atoms with van der Waals surface area (Å²) in [6, 6.07) is -0.400. The van der Waals surface area contributed by atoms with Crippen LogP contribution in [0.25, 0.3) is 0 Å². The minimum Gasteiger partial charge on any atom is -0.350 e. The number of nitrogens with zero attached hydrogens (tertiary/aromatic N) is 1. The number of carbonyl (C=O) groups is 2. The fourth-order valence-corrected chi connectivity index (χ4v) is 5.32. The number of carbonyl (C=O) groups excluding carboxylic acids is 2. The Balaban J connectivity index is 1.60. The lowest BCUT2D eigenvalue weighted by molar-refractivity contribution is -0.141. The maximum absolute atomic E-state index is 13.1. The fourth-order valence-electron chi connectivity index (χ4n) is 5.32. The van der Waals surface area contributed by atoms with E-state index in [2.05, 4.69) is 22.8 Å². The van der Waals surface area contributed by atoms with Gasteiger partial charge in [0.25, 0.3) is 0 Å². The monoisotopic (exact) mass is 331 g/mol. The van der Waals surface area contributed by atoms with Gasteiger partial charge in [-0.1, -0.05) is 12.2 Å². The van der Waals surface area contributed by atoms with E-state index in [0.717, 1.165) is 25.9 Å². The highest BCUT2D eigenvalue weighted by Crippen LogP contribution is 2.54. The number of allylic oxidation sites excluding steroid dienone is 2. The standard InChI is InChI=1S/C19H29N3O2/c1-19(2,3)21-17(23)16-15-12-7-6-11(9-12)13(15)10-22(16)18(24)14-5-4-8-20-14/h6-7,11-16,20H,4-5,8-10H2,1-3H3,(H,21,23)/t11-,12+,13-,14+,15+,16+/m1/s1. The summed E-state index contributed by atoms with van der Waals surface area (Å²) in [4.78, 5) is 28.0. The lowest BCUT2D eigenvalue weighted by Crippen LogP contribution is -2.56. The first-order valence-electron chi connectivity index (χ1n) is 9.39. The van der Waals surface area contributed by atoms with E-state index in [1.807, 2.05) is 25.7 Å². The number of nitrogens with one attached hydrogen (secondary N) is 2. The zero-order valence-electron chi connectivity index (χ0n) is 14.9. The third kappa shape index (κ3) is 2.57. The molecule has 2 aliphatic carbocycles. The summed E-state index contributed by atoms with van der Waals surface area (Å²) in [5.74, 6) is 1.94. The van der Waals surface area contributed by atoms with Gasteiger partial charge in [0.2, 0.25) is 11.8 Å². The van der Waals surface area contributed by atoms with Gasteiger partial charge in [-0.05, 0) is 70.3 Å². The van der Waals surface area contributed by atoms with E-state index in [0.29, 0.717) is 23.7 Å². The van der Waals surface area contributed by atoms with Crippen molar-refractivity contribution in [1.29, 1.82) is 0 Å². The lowest BCUT2D eigenvalue weighted by Gasteiger charge is -2.33. The Hall–Kier alpha value is -1.36. The van der Waals surface area contributed by atoms with E-state index in [-0.39, 0.29) is 29.4 Å². The molecular weight excluding hydrogens is 302 g/mol. The maximum Gasteiger partial charge on any atom is 0.243 e. The molecule has 2 aliphatic heterocycles. The highest BCUT2D eigenvalue weighted by Gasteiger charge is 2.58. The largest absolute Gasteiger partial charge is 0.350 e. The number of rotatable bonds is 2. The predicted molar refractivity (Wildman–Crippen MR) is 92.1 cm³/mol. The van der Waals surface area contributed by atoms with Gasteiger partial charge in [-0.3, -0.25) is 9.59 Å². The molecule has 0 unspecified atom stereocenters. The van der Waals surface area contributed by atoms with Gasteiger partial charge in [0, 0.05) is 12.1 Å². The molecule has 5 heteroatoms. The Kier molecular flexibility index (Phi) is 3.75. The second kappa shape index (κ2) is 5.58. The van der Waals surface area contributed by atoms with Crippen LogP contribution in [-0.4, -0.2) is 47.4 Å². The predicted octanol–water partition coefficient (Wildman–Crippen LogP) is 1.30. The van der Waals surface area contributed by atoms with Crippen molar-refractivity contribution in [3.63, 3.8) is 0 Å². The minimum atomic E-state index is -0.302. The highest BCUT2D eigenvalue weighted by molar-refractivity contribution is 5.91. The van der Waals surface area contributed by atoms with Crippen LogP contribution in [0.5, 0.6) is 0 Å². The average molecular weight is 331 g/mol. The normalized spacial score (nSPS) is 40.2. The van der Waals surface area contributed by atoms with Crippen molar-refractivity contribution in [3.05, 3.63) is 12.2 Å². The van der Waals surface area contributed by atoms with E-state index in [4.69, 9.17) is 0 Å².